The van der Waals surface area contributed by atoms with Gasteiger partial charge >= 0.3 is 0 Å². The van der Waals surface area contributed by atoms with Crippen molar-refractivity contribution in [1.82, 2.24) is 9.97 Å². The fourth-order valence-corrected chi connectivity index (χ4v) is 1.35. The molecule has 0 saturated carbocycles. The average molecular weight is 193 g/mol. The molecule has 3 heteroatoms. The van der Waals surface area contributed by atoms with Crippen LogP contribution in [0.3, 0.4) is 0 Å². The first kappa shape index (κ1) is 11.1. The van der Waals surface area contributed by atoms with Crippen LogP contribution < -0.4 is 5.73 Å². The molecule has 0 radical (unpaired) electrons. The standard InChI is InChI=1S/C11H19N3/c1-4-9-7-10(5-2)14-11(13-9)6-8(3)12/h7-8H,4-6,12H2,1-3H3. The Morgan fingerprint density at radius 3 is 2.07 bits per heavy atom. The monoisotopic (exact) mass is 193 g/mol. The maximum Gasteiger partial charge on any atom is 0.130 e. The van der Waals surface area contributed by atoms with Crippen LogP contribution in [0.4, 0.5) is 0 Å². The molecule has 0 fully saturated rings. The third-order valence-electron chi connectivity index (χ3n) is 2.11. The van der Waals surface area contributed by atoms with E-state index in [-0.39, 0.29) is 6.04 Å². The molecule has 14 heavy (non-hydrogen) atoms. The molecule has 1 atom stereocenters. The van der Waals surface area contributed by atoms with Gasteiger partial charge in [0.1, 0.15) is 5.82 Å². The number of nitrogens with zero attached hydrogens (tertiary/aromatic N) is 2. The molecule has 1 heterocycles. The molecule has 0 aliphatic carbocycles. The van der Waals surface area contributed by atoms with Crippen molar-refractivity contribution in [1.29, 1.82) is 0 Å². The first-order valence-electron chi connectivity index (χ1n) is 5.27. The van der Waals surface area contributed by atoms with Crippen LogP contribution in [0.2, 0.25) is 0 Å². The van der Waals surface area contributed by atoms with Gasteiger partial charge in [0.2, 0.25) is 0 Å². The van der Waals surface area contributed by atoms with Crippen LogP contribution in [0.25, 0.3) is 0 Å². The zero-order valence-electron chi connectivity index (χ0n) is 9.25. The number of hydrogen-bond acceptors (Lipinski definition) is 3. The first-order chi connectivity index (χ1) is 6.65. The van der Waals surface area contributed by atoms with E-state index >= 15 is 0 Å². The van der Waals surface area contributed by atoms with Crippen LogP contribution in [0, 0.1) is 0 Å². The van der Waals surface area contributed by atoms with E-state index in [1.807, 2.05) is 6.92 Å². The Kier molecular flexibility index (Phi) is 4.01. The first-order valence-corrected chi connectivity index (χ1v) is 5.27. The van der Waals surface area contributed by atoms with Crippen LogP contribution in [0.15, 0.2) is 6.07 Å². The van der Waals surface area contributed by atoms with Gasteiger partial charge in [-0.15, -0.1) is 0 Å². The lowest BCUT2D eigenvalue weighted by Gasteiger charge is -2.07. The largest absolute Gasteiger partial charge is 0.328 e. The van der Waals surface area contributed by atoms with Gasteiger partial charge in [-0.1, -0.05) is 13.8 Å². The summed E-state index contributed by atoms with van der Waals surface area (Å²) in [4.78, 5) is 8.90. The third kappa shape index (κ3) is 3.07. The van der Waals surface area contributed by atoms with Gasteiger partial charge < -0.3 is 5.73 Å². The van der Waals surface area contributed by atoms with Crippen molar-refractivity contribution >= 4 is 0 Å². The molecule has 0 amide bonds. The van der Waals surface area contributed by atoms with Crippen LogP contribution >= 0.6 is 0 Å². The van der Waals surface area contributed by atoms with Gasteiger partial charge in [0.25, 0.3) is 0 Å². The lowest BCUT2D eigenvalue weighted by atomic mass is 10.2. The molecule has 1 aromatic rings. The van der Waals surface area contributed by atoms with Crippen molar-refractivity contribution in [2.75, 3.05) is 0 Å². The third-order valence-corrected chi connectivity index (χ3v) is 2.11. The van der Waals surface area contributed by atoms with E-state index in [4.69, 9.17) is 5.73 Å². The van der Waals surface area contributed by atoms with Gasteiger partial charge in [0.05, 0.1) is 0 Å². The van der Waals surface area contributed by atoms with E-state index in [1.54, 1.807) is 0 Å². The Bertz CT molecular complexity index is 272. The summed E-state index contributed by atoms with van der Waals surface area (Å²) in [7, 11) is 0. The van der Waals surface area contributed by atoms with E-state index < -0.39 is 0 Å². The van der Waals surface area contributed by atoms with E-state index in [0.29, 0.717) is 0 Å². The lowest BCUT2D eigenvalue weighted by Crippen LogP contribution is -2.20. The number of rotatable bonds is 4. The van der Waals surface area contributed by atoms with Crippen LogP contribution in [-0.4, -0.2) is 16.0 Å². The quantitative estimate of drug-likeness (QED) is 0.788. The maximum atomic E-state index is 5.73. The zero-order chi connectivity index (χ0) is 10.6. The predicted octanol–water partition coefficient (Wildman–Crippen LogP) is 1.49. The maximum absolute atomic E-state index is 5.73. The van der Waals surface area contributed by atoms with Crippen LogP contribution in [0.5, 0.6) is 0 Å². The zero-order valence-corrected chi connectivity index (χ0v) is 9.25. The molecule has 2 N–H and O–H groups in total. The van der Waals surface area contributed by atoms with Crippen molar-refractivity contribution in [2.24, 2.45) is 5.73 Å². The minimum Gasteiger partial charge on any atom is -0.328 e. The van der Waals surface area contributed by atoms with Gasteiger partial charge in [-0.05, 0) is 25.8 Å². The summed E-state index contributed by atoms with van der Waals surface area (Å²) in [6.45, 7) is 6.20. The molecular formula is C11H19N3. The number of nitrogens with two attached hydrogens (primary N) is 1. The number of aryl methyl sites for hydroxylation is 2. The lowest BCUT2D eigenvalue weighted by molar-refractivity contribution is 0.689. The van der Waals surface area contributed by atoms with E-state index in [9.17, 15) is 0 Å². The molecule has 0 spiro atoms. The summed E-state index contributed by atoms with van der Waals surface area (Å²) in [5.41, 5.74) is 7.96. The van der Waals surface area contributed by atoms with Gasteiger partial charge in [0.15, 0.2) is 0 Å². The molecule has 3 nitrogen and oxygen atoms in total. The van der Waals surface area contributed by atoms with Gasteiger partial charge in [-0.3, -0.25) is 0 Å². The number of aromatic nitrogens is 2. The Balaban J connectivity index is 2.92. The number of hydrogen-bond donors (Lipinski definition) is 1. The molecule has 1 rings (SSSR count). The summed E-state index contributed by atoms with van der Waals surface area (Å²) in [5, 5.41) is 0. The Morgan fingerprint density at radius 2 is 1.71 bits per heavy atom. The molecule has 0 aliphatic heterocycles. The summed E-state index contributed by atoms with van der Waals surface area (Å²) >= 11 is 0. The molecule has 0 bridgehead atoms. The smallest absolute Gasteiger partial charge is 0.130 e. The normalized spacial score (nSPS) is 12.9. The van der Waals surface area contributed by atoms with Crippen molar-refractivity contribution in [3.8, 4) is 0 Å². The molecule has 0 aromatic carbocycles. The summed E-state index contributed by atoms with van der Waals surface area (Å²) in [5.74, 6) is 0.885. The van der Waals surface area contributed by atoms with Crippen molar-refractivity contribution in [3.05, 3.63) is 23.3 Å². The van der Waals surface area contributed by atoms with Crippen LogP contribution in [0.1, 0.15) is 38.0 Å². The summed E-state index contributed by atoms with van der Waals surface area (Å²) < 4.78 is 0. The molecular weight excluding hydrogens is 174 g/mol. The Hall–Kier alpha value is -0.960. The SMILES string of the molecule is CCc1cc(CC)nc(CC(C)N)n1. The molecule has 0 aliphatic rings. The van der Waals surface area contributed by atoms with E-state index in [1.165, 1.54) is 0 Å². The fourth-order valence-electron chi connectivity index (χ4n) is 1.35. The summed E-state index contributed by atoms with van der Waals surface area (Å²) in [6.07, 6.45) is 2.68. The van der Waals surface area contributed by atoms with E-state index in [2.05, 4.69) is 29.9 Å². The highest BCUT2D eigenvalue weighted by Crippen LogP contribution is 2.04. The van der Waals surface area contributed by atoms with Gasteiger partial charge in [-0.25, -0.2) is 9.97 Å². The molecule has 78 valence electrons. The van der Waals surface area contributed by atoms with Crippen molar-refractivity contribution in [3.63, 3.8) is 0 Å². The molecule has 1 unspecified atom stereocenters. The van der Waals surface area contributed by atoms with Crippen molar-refractivity contribution in [2.45, 2.75) is 46.1 Å². The van der Waals surface area contributed by atoms with Crippen molar-refractivity contribution < 1.29 is 0 Å². The topological polar surface area (TPSA) is 51.8 Å². The highest BCUT2D eigenvalue weighted by atomic mass is 14.9. The van der Waals surface area contributed by atoms with Crippen LogP contribution in [-0.2, 0) is 19.3 Å². The second-order valence-corrected chi connectivity index (χ2v) is 3.66. The van der Waals surface area contributed by atoms with E-state index in [0.717, 1.165) is 36.5 Å². The molecule has 0 saturated heterocycles. The average Bonchev–Trinajstić information content (AvgIpc) is 2.16. The highest BCUT2D eigenvalue weighted by molar-refractivity contribution is 5.11. The Morgan fingerprint density at radius 1 is 1.21 bits per heavy atom. The van der Waals surface area contributed by atoms with Gasteiger partial charge in [0, 0.05) is 23.9 Å². The second-order valence-electron chi connectivity index (χ2n) is 3.66. The fraction of sp³-hybridized carbons (Fsp3) is 0.636. The predicted molar refractivity (Wildman–Crippen MR) is 58.1 cm³/mol. The second kappa shape index (κ2) is 5.05. The van der Waals surface area contributed by atoms with Gasteiger partial charge in [-0.2, -0.15) is 0 Å². The minimum atomic E-state index is 0.131. The summed E-state index contributed by atoms with van der Waals surface area (Å²) in [6, 6.07) is 2.21. The Labute approximate surface area is 85.8 Å². The minimum absolute atomic E-state index is 0.131. The molecule has 1 aromatic heterocycles. The highest BCUT2D eigenvalue weighted by Gasteiger charge is 2.04.